The summed E-state index contributed by atoms with van der Waals surface area (Å²) in [5.74, 6) is -0.736. The number of hydrogen-bond acceptors (Lipinski definition) is 3. The van der Waals surface area contributed by atoms with Gasteiger partial charge < -0.3 is 10.4 Å². The van der Waals surface area contributed by atoms with Gasteiger partial charge in [0.15, 0.2) is 0 Å². The number of carbonyl (C=O) groups is 1. The second-order valence-corrected chi connectivity index (χ2v) is 6.66. The molecule has 1 aromatic rings. The molecular weight excluding hydrogens is 270 g/mol. The van der Waals surface area contributed by atoms with Crippen LogP contribution in [0.2, 0.25) is 0 Å². The molecule has 0 aromatic heterocycles. The van der Waals surface area contributed by atoms with Gasteiger partial charge in [-0.3, -0.25) is 4.79 Å². The maximum absolute atomic E-state index is 11.0. The molecular formula is C16H25NO2S. The van der Waals surface area contributed by atoms with E-state index in [2.05, 4.69) is 42.8 Å². The second-order valence-electron chi connectivity index (χ2n) is 5.81. The average Bonchev–Trinajstić information content (AvgIpc) is 2.39. The fraction of sp³-hybridized carbons (Fsp3) is 0.562. The lowest BCUT2D eigenvalue weighted by atomic mass is 9.89. The van der Waals surface area contributed by atoms with Crippen LogP contribution in [0, 0.1) is 5.41 Å². The molecule has 0 saturated carbocycles. The first-order valence-corrected chi connectivity index (χ1v) is 8.18. The zero-order chi connectivity index (χ0) is 15.2. The molecule has 3 nitrogen and oxygen atoms in total. The lowest BCUT2D eigenvalue weighted by Gasteiger charge is -2.21. The molecule has 1 rings (SSSR count). The Morgan fingerprint density at radius 3 is 2.65 bits per heavy atom. The van der Waals surface area contributed by atoms with Crippen molar-refractivity contribution in [3.8, 4) is 0 Å². The molecule has 1 aromatic carbocycles. The quantitative estimate of drug-likeness (QED) is 0.721. The molecule has 0 bridgehead atoms. The van der Waals surface area contributed by atoms with E-state index < -0.39 is 11.4 Å². The summed E-state index contributed by atoms with van der Waals surface area (Å²) in [6.45, 7) is 6.40. The molecule has 0 aliphatic carbocycles. The molecule has 0 radical (unpaired) electrons. The molecule has 0 saturated heterocycles. The van der Waals surface area contributed by atoms with Gasteiger partial charge in [-0.1, -0.05) is 18.2 Å². The van der Waals surface area contributed by atoms with Crippen molar-refractivity contribution in [1.82, 2.24) is 5.32 Å². The first kappa shape index (κ1) is 17.1. The maximum atomic E-state index is 11.0. The number of rotatable bonds is 8. The highest BCUT2D eigenvalue weighted by Crippen LogP contribution is 2.22. The van der Waals surface area contributed by atoms with E-state index in [9.17, 15) is 4.79 Å². The van der Waals surface area contributed by atoms with Crippen LogP contribution in [-0.2, 0) is 11.2 Å². The summed E-state index contributed by atoms with van der Waals surface area (Å²) >= 11 is 1.76. The first-order valence-electron chi connectivity index (χ1n) is 6.95. The first-order chi connectivity index (χ1) is 9.36. The zero-order valence-electron chi connectivity index (χ0n) is 12.8. The van der Waals surface area contributed by atoms with Crippen LogP contribution < -0.4 is 5.32 Å². The standard InChI is InChI=1S/C16H25NO2S/c1-12(17-10-9-16(2,3)15(18)19)11-13-7-5-6-8-14(13)20-4/h5-8,12,17H,9-11H2,1-4H3,(H,18,19). The number of benzene rings is 1. The number of hydrogen-bond donors (Lipinski definition) is 2. The van der Waals surface area contributed by atoms with Crippen LogP contribution in [0.25, 0.3) is 0 Å². The molecule has 0 aliphatic rings. The van der Waals surface area contributed by atoms with Crippen LogP contribution in [0.4, 0.5) is 0 Å². The number of carboxylic acids is 1. The van der Waals surface area contributed by atoms with E-state index in [0.717, 1.165) is 13.0 Å². The Kier molecular flexibility index (Phi) is 6.56. The van der Waals surface area contributed by atoms with Gasteiger partial charge >= 0.3 is 5.97 Å². The van der Waals surface area contributed by atoms with Gasteiger partial charge in [-0.05, 0) is 58.0 Å². The molecule has 20 heavy (non-hydrogen) atoms. The summed E-state index contributed by atoms with van der Waals surface area (Å²) < 4.78 is 0. The Morgan fingerprint density at radius 2 is 2.05 bits per heavy atom. The predicted octanol–water partition coefficient (Wildman–Crippen LogP) is 3.43. The van der Waals surface area contributed by atoms with Crippen LogP contribution in [0.1, 0.15) is 32.8 Å². The fourth-order valence-electron chi connectivity index (χ4n) is 2.01. The minimum atomic E-state index is -0.736. The number of thioether (sulfide) groups is 1. The molecule has 1 atom stereocenters. The Labute approximate surface area is 126 Å². The molecule has 4 heteroatoms. The van der Waals surface area contributed by atoms with E-state index in [1.165, 1.54) is 10.5 Å². The smallest absolute Gasteiger partial charge is 0.309 e. The van der Waals surface area contributed by atoms with Gasteiger partial charge in [0, 0.05) is 10.9 Å². The van der Waals surface area contributed by atoms with Gasteiger partial charge in [0.25, 0.3) is 0 Å². The minimum absolute atomic E-state index is 0.341. The summed E-state index contributed by atoms with van der Waals surface area (Å²) in [7, 11) is 0. The Balaban J connectivity index is 2.44. The summed E-state index contributed by atoms with van der Waals surface area (Å²) in [4.78, 5) is 12.4. The molecule has 112 valence electrons. The van der Waals surface area contributed by atoms with E-state index in [-0.39, 0.29) is 0 Å². The lowest BCUT2D eigenvalue weighted by Crippen LogP contribution is -2.34. The van der Waals surface area contributed by atoms with Gasteiger partial charge in [-0.25, -0.2) is 0 Å². The fourth-order valence-corrected chi connectivity index (χ4v) is 2.64. The van der Waals surface area contributed by atoms with Crippen molar-refractivity contribution in [2.45, 2.75) is 44.6 Å². The summed E-state index contributed by atoms with van der Waals surface area (Å²) in [6.07, 6.45) is 3.69. The topological polar surface area (TPSA) is 49.3 Å². The SMILES string of the molecule is CSc1ccccc1CC(C)NCCC(C)(C)C(=O)O. The van der Waals surface area contributed by atoms with Crippen molar-refractivity contribution in [2.75, 3.05) is 12.8 Å². The van der Waals surface area contributed by atoms with Crippen LogP contribution >= 0.6 is 11.8 Å². The van der Waals surface area contributed by atoms with Gasteiger partial charge in [0.1, 0.15) is 0 Å². The summed E-state index contributed by atoms with van der Waals surface area (Å²) in [5.41, 5.74) is 0.682. The van der Waals surface area contributed by atoms with Gasteiger partial charge in [0.05, 0.1) is 5.41 Å². The lowest BCUT2D eigenvalue weighted by molar-refractivity contribution is -0.147. The largest absolute Gasteiger partial charge is 0.481 e. The third-order valence-corrected chi connectivity index (χ3v) is 4.38. The predicted molar refractivity (Wildman–Crippen MR) is 85.4 cm³/mol. The number of carboxylic acid groups (broad SMARTS) is 1. The molecule has 0 heterocycles. The molecule has 0 amide bonds. The van der Waals surface area contributed by atoms with Crippen LogP contribution in [0.5, 0.6) is 0 Å². The number of aliphatic carboxylic acids is 1. The molecule has 0 fully saturated rings. The Hall–Kier alpha value is -1.00. The minimum Gasteiger partial charge on any atom is -0.481 e. The van der Waals surface area contributed by atoms with E-state index in [1.807, 2.05) is 0 Å². The molecule has 0 aliphatic heterocycles. The Bertz CT molecular complexity index is 446. The van der Waals surface area contributed by atoms with E-state index in [0.29, 0.717) is 12.5 Å². The van der Waals surface area contributed by atoms with E-state index in [1.54, 1.807) is 25.6 Å². The summed E-state index contributed by atoms with van der Waals surface area (Å²) in [6, 6.07) is 8.76. The van der Waals surface area contributed by atoms with Gasteiger partial charge in [0.2, 0.25) is 0 Å². The third-order valence-electron chi connectivity index (χ3n) is 3.54. The average molecular weight is 295 g/mol. The molecule has 2 N–H and O–H groups in total. The van der Waals surface area contributed by atoms with Gasteiger partial charge in [-0.15, -0.1) is 11.8 Å². The third kappa shape index (κ3) is 5.17. The van der Waals surface area contributed by atoms with Crippen molar-refractivity contribution in [3.63, 3.8) is 0 Å². The second kappa shape index (κ2) is 7.70. The van der Waals surface area contributed by atoms with E-state index >= 15 is 0 Å². The van der Waals surface area contributed by atoms with Crippen LogP contribution in [0.15, 0.2) is 29.2 Å². The number of nitrogens with one attached hydrogen (secondary N) is 1. The van der Waals surface area contributed by atoms with Crippen molar-refractivity contribution in [3.05, 3.63) is 29.8 Å². The van der Waals surface area contributed by atoms with E-state index in [4.69, 9.17) is 5.11 Å². The summed E-state index contributed by atoms with van der Waals surface area (Å²) in [5, 5.41) is 12.5. The van der Waals surface area contributed by atoms with Gasteiger partial charge in [-0.2, -0.15) is 0 Å². The molecule has 1 unspecified atom stereocenters. The highest BCUT2D eigenvalue weighted by Gasteiger charge is 2.26. The van der Waals surface area contributed by atoms with Crippen molar-refractivity contribution in [2.24, 2.45) is 5.41 Å². The van der Waals surface area contributed by atoms with Crippen LogP contribution in [0.3, 0.4) is 0 Å². The van der Waals surface area contributed by atoms with Crippen molar-refractivity contribution >= 4 is 17.7 Å². The monoisotopic (exact) mass is 295 g/mol. The normalized spacial score (nSPS) is 13.2. The highest BCUT2D eigenvalue weighted by molar-refractivity contribution is 7.98. The highest BCUT2D eigenvalue weighted by atomic mass is 32.2. The van der Waals surface area contributed by atoms with Crippen LogP contribution in [-0.4, -0.2) is 29.9 Å². The molecule has 0 spiro atoms. The van der Waals surface area contributed by atoms with Crippen molar-refractivity contribution < 1.29 is 9.90 Å². The van der Waals surface area contributed by atoms with Crippen molar-refractivity contribution in [1.29, 1.82) is 0 Å². The zero-order valence-corrected chi connectivity index (χ0v) is 13.6. The Morgan fingerprint density at radius 1 is 1.40 bits per heavy atom. The maximum Gasteiger partial charge on any atom is 0.309 e.